The largest absolute Gasteiger partial charge is 0.438 e. The number of carbonyl (C=O) groups excluding carboxylic acids is 1. The molecular formula is C18H11NO3. The zero-order valence-corrected chi connectivity index (χ0v) is 11.5. The Hall–Kier alpha value is -3.14. The fourth-order valence-electron chi connectivity index (χ4n) is 2.63. The molecular weight excluding hydrogens is 278 g/mol. The van der Waals surface area contributed by atoms with E-state index in [0.29, 0.717) is 23.1 Å². The van der Waals surface area contributed by atoms with Gasteiger partial charge in [-0.05, 0) is 29.3 Å². The van der Waals surface area contributed by atoms with Gasteiger partial charge < -0.3 is 4.42 Å². The number of oxazole rings is 1. The van der Waals surface area contributed by atoms with Crippen molar-refractivity contribution in [3.05, 3.63) is 76.6 Å². The molecule has 0 amide bonds. The summed E-state index contributed by atoms with van der Waals surface area (Å²) in [5, 5.41) is 0. The molecule has 4 heteroatoms. The summed E-state index contributed by atoms with van der Waals surface area (Å²) in [6.45, 7) is 0. The van der Waals surface area contributed by atoms with Crippen LogP contribution in [0.2, 0.25) is 0 Å². The Morgan fingerprint density at radius 1 is 0.909 bits per heavy atom. The van der Waals surface area contributed by atoms with Crippen LogP contribution in [-0.2, 0) is 0 Å². The number of benzene rings is 2. The number of aromatic nitrogens is 1. The van der Waals surface area contributed by atoms with Crippen LogP contribution in [0.25, 0.3) is 27.9 Å². The Morgan fingerprint density at radius 3 is 2.50 bits per heavy atom. The van der Waals surface area contributed by atoms with Gasteiger partial charge in [0.2, 0.25) is 5.71 Å². The molecule has 106 valence electrons. The Balaban J connectivity index is 2.08. The number of hydrogen-bond donors (Lipinski definition) is 0. The van der Waals surface area contributed by atoms with Gasteiger partial charge in [-0.1, -0.05) is 36.4 Å². The molecule has 0 unspecified atom stereocenters. The van der Waals surface area contributed by atoms with Gasteiger partial charge in [0.1, 0.15) is 0 Å². The van der Waals surface area contributed by atoms with Crippen LogP contribution in [0.4, 0.5) is 0 Å². The van der Waals surface area contributed by atoms with E-state index in [1.54, 1.807) is 6.07 Å². The minimum Gasteiger partial charge on any atom is -0.438 e. The predicted octanol–water partition coefficient (Wildman–Crippen LogP) is 3.53. The van der Waals surface area contributed by atoms with Gasteiger partial charge in [-0.2, -0.15) is 0 Å². The molecule has 0 aliphatic carbocycles. The first-order valence-electron chi connectivity index (χ1n) is 6.87. The number of hydrogen-bond acceptors (Lipinski definition) is 3. The highest BCUT2D eigenvalue weighted by Crippen LogP contribution is 2.26. The lowest BCUT2D eigenvalue weighted by Gasteiger charge is -2.01. The summed E-state index contributed by atoms with van der Waals surface area (Å²) in [6.07, 6.45) is 0.564. The lowest BCUT2D eigenvalue weighted by molar-refractivity contribution is 0.112. The monoisotopic (exact) mass is 289 g/mol. The molecule has 4 aromatic rings. The van der Waals surface area contributed by atoms with E-state index in [9.17, 15) is 9.59 Å². The van der Waals surface area contributed by atoms with Crippen molar-refractivity contribution in [2.75, 3.05) is 0 Å². The van der Waals surface area contributed by atoms with Gasteiger partial charge in [-0.25, -0.2) is 4.40 Å². The summed E-state index contributed by atoms with van der Waals surface area (Å²) in [4.78, 5) is 23.3. The molecule has 4 nitrogen and oxygen atoms in total. The van der Waals surface area contributed by atoms with Gasteiger partial charge in [0.05, 0.1) is 11.1 Å². The molecule has 0 N–H and O–H groups in total. The quantitative estimate of drug-likeness (QED) is 0.530. The Labute approximate surface area is 125 Å². The third-order valence-corrected chi connectivity index (χ3v) is 3.72. The van der Waals surface area contributed by atoms with Gasteiger partial charge in [0, 0.05) is 6.07 Å². The molecule has 0 atom stereocenters. The molecule has 0 aliphatic heterocycles. The third-order valence-electron chi connectivity index (χ3n) is 3.72. The maximum Gasteiger partial charge on any atom is 0.268 e. The third kappa shape index (κ3) is 1.78. The van der Waals surface area contributed by atoms with Crippen molar-refractivity contribution in [2.24, 2.45) is 0 Å². The lowest BCUT2D eigenvalue weighted by Crippen LogP contribution is -2.16. The van der Waals surface area contributed by atoms with Crippen molar-refractivity contribution in [1.29, 1.82) is 0 Å². The Bertz CT molecular complexity index is 1060. The standard InChI is InChI=1S/C18H11NO3/c20-11-14-7-9-17-19(18(14)21)15-10-13(6-8-16(15)22-17)12-4-2-1-3-5-12/h1-11H. The molecule has 0 aliphatic rings. The average Bonchev–Trinajstić information content (AvgIpc) is 2.94. The van der Waals surface area contributed by atoms with E-state index >= 15 is 0 Å². The molecule has 4 rings (SSSR count). The molecule has 0 saturated carbocycles. The van der Waals surface area contributed by atoms with Crippen molar-refractivity contribution in [2.45, 2.75) is 0 Å². The normalized spacial score (nSPS) is 11.1. The van der Waals surface area contributed by atoms with E-state index in [-0.39, 0.29) is 11.1 Å². The van der Waals surface area contributed by atoms with Gasteiger partial charge >= 0.3 is 0 Å². The SMILES string of the molecule is O=Cc1ccc2oc3ccc(-c4ccccc4)cc3n2c1=O. The van der Waals surface area contributed by atoms with Crippen LogP contribution in [0.5, 0.6) is 0 Å². The smallest absolute Gasteiger partial charge is 0.268 e. The molecule has 0 radical (unpaired) electrons. The summed E-state index contributed by atoms with van der Waals surface area (Å²) < 4.78 is 7.11. The molecule has 0 bridgehead atoms. The van der Waals surface area contributed by atoms with Crippen LogP contribution >= 0.6 is 0 Å². The van der Waals surface area contributed by atoms with E-state index in [0.717, 1.165) is 11.1 Å². The van der Waals surface area contributed by atoms with Crippen LogP contribution in [0.1, 0.15) is 10.4 Å². The highest BCUT2D eigenvalue weighted by Gasteiger charge is 2.11. The molecule has 2 heterocycles. The summed E-state index contributed by atoms with van der Waals surface area (Å²) in [5.74, 6) is 0. The average molecular weight is 289 g/mol. The number of carbonyl (C=O) groups is 1. The van der Waals surface area contributed by atoms with Crippen molar-refractivity contribution in [3.63, 3.8) is 0 Å². The molecule has 22 heavy (non-hydrogen) atoms. The van der Waals surface area contributed by atoms with E-state index in [1.165, 1.54) is 10.5 Å². The topological polar surface area (TPSA) is 51.7 Å². The van der Waals surface area contributed by atoms with Crippen LogP contribution < -0.4 is 5.56 Å². The zero-order valence-electron chi connectivity index (χ0n) is 11.5. The fourth-order valence-corrected chi connectivity index (χ4v) is 2.63. The van der Waals surface area contributed by atoms with Crippen molar-refractivity contribution in [1.82, 2.24) is 4.40 Å². The zero-order chi connectivity index (χ0) is 15.1. The van der Waals surface area contributed by atoms with Crippen molar-refractivity contribution >= 4 is 23.1 Å². The van der Waals surface area contributed by atoms with Crippen LogP contribution in [0.15, 0.2) is 69.9 Å². The molecule has 0 fully saturated rings. The summed E-state index contributed by atoms with van der Waals surface area (Å²) in [6, 6.07) is 18.7. The molecule has 0 saturated heterocycles. The number of rotatable bonds is 2. The number of pyridine rings is 1. The maximum absolute atomic E-state index is 12.4. The van der Waals surface area contributed by atoms with Gasteiger partial charge in [0.25, 0.3) is 5.56 Å². The first kappa shape index (κ1) is 12.6. The first-order valence-corrected chi connectivity index (χ1v) is 6.87. The maximum atomic E-state index is 12.4. The van der Waals surface area contributed by atoms with Crippen molar-refractivity contribution < 1.29 is 9.21 Å². The van der Waals surface area contributed by atoms with Gasteiger partial charge in [0.15, 0.2) is 11.9 Å². The molecule has 2 aromatic heterocycles. The van der Waals surface area contributed by atoms with Crippen LogP contribution in [-0.4, -0.2) is 10.7 Å². The van der Waals surface area contributed by atoms with E-state index in [4.69, 9.17) is 4.42 Å². The number of fused-ring (bicyclic) bond motifs is 3. The van der Waals surface area contributed by atoms with E-state index in [2.05, 4.69) is 0 Å². The highest BCUT2D eigenvalue weighted by molar-refractivity contribution is 5.84. The summed E-state index contributed by atoms with van der Waals surface area (Å²) in [7, 11) is 0. The van der Waals surface area contributed by atoms with Crippen molar-refractivity contribution in [3.8, 4) is 11.1 Å². The lowest BCUT2D eigenvalue weighted by atomic mass is 10.1. The minimum absolute atomic E-state index is 0.116. The summed E-state index contributed by atoms with van der Waals surface area (Å²) in [5.41, 5.74) is 3.49. The van der Waals surface area contributed by atoms with Gasteiger partial charge in [-0.3, -0.25) is 9.59 Å². The van der Waals surface area contributed by atoms with E-state index in [1.807, 2.05) is 48.5 Å². The fraction of sp³-hybridized carbons (Fsp3) is 0. The van der Waals surface area contributed by atoms with Crippen LogP contribution in [0, 0.1) is 0 Å². The molecule has 2 aromatic carbocycles. The Morgan fingerprint density at radius 2 is 1.73 bits per heavy atom. The second-order valence-electron chi connectivity index (χ2n) is 5.04. The summed E-state index contributed by atoms with van der Waals surface area (Å²) >= 11 is 0. The second kappa shape index (κ2) is 4.70. The van der Waals surface area contributed by atoms with Gasteiger partial charge in [-0.15, -0.1) is 0 Å². The number of nitrogens with zero attached hydrogens (tertiary/aromatic N) is 1. The predicted molar refractivity (Wildman–Crippen MR) is 84.3 cm³/mol. The molecule has 0 spiro atoms. The number of aldehydes is 1. The first-order chi connectivity index (χ1) is 10.8. The second-order valence-corrected chi connectivity index (χ2v) is 5.04. The highest BCUT2D eigenvalue weighted by atomic mass is 16.3. The Kier molecular flexibility index (Phi) is 2.69. The van der Waals surface area contributed by atoms with E-state index < -0.39 is 0 Å². The minimum atomic E-state index is -0.364. The van der Waals surface area contributed by atoms with Crippen LogP contribution in [0.3, 0.4) is 0 Å².